The molecule has 0 atom stereocenters. The molecule has 1 fully saturated rings. The summed E-state index contributed by atoms with van der Waals surface area (Å²) in [6.07, 6.45) is 4.30. The molecule has 1 N–H and O–H groups in total. The molecule has 2 amide bonds. The van der Waals surface area contributed by atoms with Crippen LogP contribution >= 0.6 is 0 Å². The van der Waals surface area contributed by atoms with Crippen molar-refractivity contribution in [2.24, 2.45) is 0 Å². The first-order valence-corrected chi connectivity index (χ1v) is 8.70. The maximum atomic E-state index is 13.6. The predicted octanol–water partition coefficient (Wildman–Crippen LogP) is 4.23. The fraction of sp³-hybridized carbons (Fsp3) is 0.300. The van der Waals surface area contributed by atoms with Gasteiger partial charge in [0.2, 0.25) is 0 Å². The van der Waals surface area contributed by atoms with Crippen molar-refractivity contribution in [3.63, 3.8) is 0 Å². The summed E-state index contributed by atoms with van der Waals surface area (Å²) in [6.45, 7) is 1.51. The van der Waals surface area contributed by atoms with Crippen LogP contribution in [-0.2, 0) is 0 Å². The second-order valence-electron chi connectivity index (χ2n) is 6.36. The second kappa shape index (κ2) is 8.08. The Labute approximate surface area is 150 Å². The van der Waals surface area contributed by atoms with E-state index in [1.54, 1.807) is 12.1 Å². The van der Waals surface area contributed by atoms with Crippen molar-refractivity contribution in [2.75, 3.05) is 18.4 Å². The lowest BCUT2D eigenvalue weighted by Gasteiger charge is -2.20. The van der Waals surface area contributed by atoms with Gasteiger partial charge in [-0.05, 0) is 49.2 Å². The number of rotatable bonds is 3. The molecule has 4 nitrogen and oxygen atoms in total. The first kappa shape index (κ1) is 18.0. The van der Waals surface area contributed by atoms with E-state index in [1.165, 1.54) is 18.2 Å². The number of nitrogens with one attached hydrogen (secondary N) is 1. The molecule has 2 aromatic rings. The van der Waals surface area contributed by atoms with Gasteiger partial charge in [-0.3, -0.25) is 9.59 Å². The van der Waals surface area contributed by atoms with Crippen LogP contribution in [0.4, 0.5) is 14.5 Å². The zero-order valence-electron chi connectivity index (χ0n) is 14.3. The highest BCUT2D eigenvalue weighted by molar-refractivity contribution is 6.05. The SMILES string of the molecule is O=C(Nc1ccc(F)cc1F)c1ccc(C(=O)N2CCCCCC2)cc1. The Kier molecular flexibility index (Phi) is 5.61. The summed E-state index contributed by atoms with van der Waals surface area (Å²) in [5.41, 5.74) is 0.721. The van der Waals surface area contributed by atoms with Crippen LogP contribution in [0.5, 0.6) is 0 Å². The lowest BCUT2D eigenvalue weighted by atomic mass is 10.1. The zero-order chi connectivity index (χ0) is 18.5. The third-order valence-corrected chi connectivity index (χ3v) is 4.47. The molecule has 0 spiro atoms. The lowest BCUT2D eigenvalue weighted by Crippen LogP contribution is -2.31. The van der Waals surface area contributed by atoms with Crippen molar-refractivity contribution in [1.82, 2.24) is 4.90 Å². The average molecular weight is 358 g/mol. The summed E-state index contributed by atoms with van der Waals surface area (Å²) in [7, 11) is 0. The van der Waals surface area contributed by atoms with Gasteiger partial charge in [0, 0.05) is 30.3 Å². The molecule has 1 aliphatic rings. The van der Waals surface area contributed by atoms with Crippen LogP contribution in [0, 0.1) is 11.6 Å². The first-order chi connectivity index (χ1) is 12.5. The number of anilines is 1. The van der Waals surface area contributed by atoms with E-state index in [1.807, 2.05) is 4.90 Å². The maximum Gasteiger partial charge on any atom is 0.255 e. The normalized spacial score (nSPS) is 14.6. The van der Waals surface area contributed by atoms with Crippen LogP contribution in [-0.4, -0.2) is 29.8 Å². The molecule has 1 aliphatic heterocycles. The molecule has 0 radical (unpaired) electrons. The van der Waals surface area contributed by atoms with Crippen molar-refractivity contribution >= 4 is 17.5 Å². The monoisotopic (exact) mass is 358 g/mol. The summed E-state index contributed by atoms with van der Waals surface area (Å²) in [6, 6.07) is 9.20. The number of halogens is 2. The Morgan fingerprint density at radius 2 is 1.46 bits per heavy atom. The van der Waals surface area contributed by atoms with Gasteiger partial charge in [0.15, 0.2) is 0 Å². The minimum Gasteiger partial charge on any atom is -0.339 e. The summed E-state index contributed by atoms with van der Waals surface area (Å²) >= 11 is 0. The number of carbonyl (C=O) groups is 2. The molecule has 26 heavy (non-hydrogen) atoms. The molecule has 1 saturated heterocycles. The number of nitrogens with zero attached hydrogens (tertiary/aromatic N) is 1. The van der Waals surface area contributed by atoms with Gasteiger partial charge in [-0.25, -0.2) is 8.78 Å². The van der Waals surface area contributed by atoms with Crippen molar-refractivity contribution in [2.45, 2.75) is 25.7 Å². The van der Waals surface area contributed by atoms with Crippen LogP contribution in [0.1, 0.15) is 46.4 Å². The van der Waals surface area contributed by atoms with Gasteiger partial charge in [0.1, 0.15) is 11.6 Å². The van der Waals surface area contributed by atoms with E-state index >= 15 is 0 Å². The van der Waals surface area contributed by atoms with E-state index in [4.69, 9.17) is 0 Å². The minimum atomic E-state index is -0.841. The Hall–Kier alpha value is -2.76. The van der Waals surface area contributed by atoms with Crippen LogP contribution in [0.3, 0.4) is 0 Å². The van der Waals surface area contributed by atoms with Gasteiger partial charge in [0.05, 0.1) is 5.69 Å². The van der Waals surface area contributed by atoms with Crippen LogP contribution in [0.25, 0.3) is 0 Å². The topological polar surface area (TPSA) is 49.4 Å². The van der Waals surface area contributed by atoms with Gasteiger partial charge in [-0.15, -0.1) is 0 Å². The molecule has 0 aromatic heterocycles. The first-order valence-electron chi connectivity index (χ1n) is 8.70. The van der Waals surface area contributed by atoms with Crippen LogP contribution in [0.2, 0.25) is 0 Å². The molecular formula is C20H20F2N2O2. The molecule has 0 saturated carbocycles. The van der Waals surface area contributed by atoms with Gasteiger partial charge >= 0.3 is 0 Å². The summed E-state index contributed by atoms with van der Waals surface area (Å²) in [5.74, 6) is -2.11. The Bertz CT molecular complexity index is 798. The maximum absolute atomic E-state index is 13.6. The number of benzene rings is 2. The number of amides is 2. The predicted molar refractivity (Wildman–Crippen MR) is 95.1 cm³/mol. The quantitative estimate of drug-likeness (QED) is 0.892. The highest BCUT2D eigenvalue weighted by Crippen LogP contribution is 2.17. The Morgan fingerprint density at radius 3 is 2.08 bits per heavy atom. The Balaban J connectivity index is 1.68. The van der Waals surface area contributed by atoms with E-state index in [-0.39, 0.29) is 11.6 Å². The second-order valence-corrected chi connectivity index (χ2v) is 6.36. The number of likely N-dealkylation sites (tertiary alicyclic amines) is 1. The standard InChI is InChI=1S/C20H20F2N2O2/c21-16-9-10-18(17(22)13-16)23-19(25)14-5-7-15(8-6-14)20(26)24-11-3-1-2-4-12-24/h5-10,13H,1-4,11-12H2,(H,23,25). The van der Waals surface area contributed by atoms with Crippen molar-refractivity contribution in [3.05, 3.63) is 65.2 Å². The summed E-state index contributed by atoms with van der Waals surface area (Å²) in [5, 5.41) is 2.40. The molecule has 0 aliphatic carbocycles. The molecule has 3 rings (SSSR count). The number of carbonyl (C=O) groups excluding carboxylic acids is 2. The molecular weight excluding hydrogens is 338 g/mol. The molecule has 0 bridgehead atoms. The molecule has 136 valence electrons. The zero-order valence-corrected chi connectivity index (χ0v) is 14.3. The molecule has 6 heteroatoms. The van der Waals surface area contributed by atoms with Gasteiger partial charge in [0.25, 0.3) is 11.8 Å². The van der Waals surface area contributed by atoms with Crippen molar-refractivity contribution < 1.29 is 18.4 Å². The van der Waals surface area contributed by atoms with E-state index in [9.17, 15) is 18.4 Å². The summed E-state index contributed by atoms with van der Waals surface area (Å²) in [4.78, 5) is 26.6. The van der Waals surface area contributed by atoms with Crippen molar-refractivity contribution in [1.29, 1.82) is 0 Å². The highest BCUT2D eigenvalue weighted by atomic mass is 19.1. The highest BCUT2D eigenvalue weighted by Gasteiger charge is 2.18. The minimum absolute atomic E-state index is 0.0385. The van der Waals surface area contributed by atoms with Crippen molar-refractivity contribution in [3.8, 4) is 0 Å². The fourth-order valence-electron chi connectivity index (χ4n) is 3.01. The third kappa shape index (κ3) is 4.25. The van der Waals surface area contributed by atoms with Crippen LogP contribution < -0.4 is 5.32 Å². The molecule has 0 unspecified atom stereocenters. The van der Waals surface area contributed by atoms with E-state index in [0.717, 1.165) is 44.8 Å². The van der Waals surface area contributed by atoms with E-state index < -0.39 is 17.5 Å². The van der Waals surface area contributed by atoms with E-state index in [2.05, 4.69) is 5.32 Å². The molecule has 2 aromatic carbocycles. The average Bonchev–Trinajstić information content (AvgIpc) is 2.93. The smallest absolute Gasteiger partial charge is 0.255 e. The third-order valence-electron chi connectivity index (χ3n) is 4.47. The lowest BCUT2D eigenvalue weighted by molar-refractivity contribution is 0.0761. The largest absolute Gasteiger partial charge is 0.339 e. The van der Waals surface area contributed by atoms with Gasteiger partial charge in [-0.2, -0.15) is 0 Å². The number of hydrogen-bond acceptors (Lipinski definition) is 2. The van der Waals surface area contributed by atoms with Crippen LogP contribution in [0.15, 0.2) is 42.5 Å². The van der Waals surface area contributed by atoms with E-state index in [0.29, 0.717) is 17.2 Å². The fourth-order valence-corrected chi connectivity index (χ4v) is 3.01. The molecule has 1 heterocycles. The Morgan fingerprint density at radius 1 is 0.846 bits per heavy atom. The van der Waals surface area contributed by atoms with Gasteiger partial charge in [-0.1, -0.05) is 12.8 Å². The van der Waals surface area contributed by atoms with Gasteiger partial charge < -0.3 is 10.2 Å². The number of hydrogen-bond donors (Lipinski definition) is 1. The summed E-state index contributed by atoms with van der Waals surface area (Å²) < 4.78 is 26.5.